The van der Waals surface area contributed by atoms with Crippen LogP contribution in [0.3, 0.4) is 0 Å². The summed E-state index contributed by atoms with van der Waals surface area (Å²) in [7, 11) is 1.84. The average molecular weight is 282 g/mol. The number of nitrogens with zero attached hydrogens (tertiary/aromatic N) is 2. The van der Waals surface area contributed by atoms with Crippen LogP contribution in [-0.4, -0.2) is 62.8 Å². The molecule has 2 N–H and O–H groups in total. The summed E-state index contributed by atoms with van der Waals surface area (Å²) in [5.41, 5.74) is 0. The van der Waals surface area contributed by atoms with E-state index >= 15 is 0 Å². The van der Waals surface area contributed by atoms with Crippen LogP contribution in [0.15, 0.2) is 4.99 Å². The Bertz CT molecular complexity index is 302. The molecule has 0 aromatic carbocycles. The van der Waals surface area contributed by atoms with E-state index in [4.69, 9.17) is 4.74 Å². The summed E-state index contributed by atoms with van der Waals surface area (Å²) in [6.45, 7) is 7.50. The second-order valence-electron chi connectivity index (χ2n) is 5.73. The van der Waals surface area contributed by atoms with Gasteiger partial charge in [0.05, 0.1) is 6.10 Å². The fourth-order valence-corrected chi connectivity index (χ4v) is 3.20. The quantitative estimate of drug-likeness (QED) is 0.568. The first-order valence-corrected chi connectivity index (χ1v) is 8.13. The molecule has 116 valence electrons. The minimum Gasteiger partial charge on any atom is -0.378 e. The normalized spacial score (nSPS) is 28.0. The third kappa shape index (κ3) is 4.63. The van der Waals surface area contributed by atoms with E-state index in [0.29, 0.717) is 12.1 Å². The van der Waals surface area contributed by atoms with Crippen molar-refractivity contribution < 1.29 is 4.74 Å². The van der Waals surface area contributed by atoms with Crippen molar-refractivity contribution in [2.24, 2.45) is 4.99 Å². The van der Waals surface area contributed by atoms with Crippen LogP contribution in [0.5, 0.6) is 0 Å². The third-order valence-electron chi connectivity index (χ3n) is 4.42. The van der Waals surface area contributed by atoms with E-state index in [-0.39, 0.29) is 0 Å². The Kier molecular flexibility index (Phi) is 6.60. The molecule has 5 heteroatoms. The highest BCUT2D eigenvalue weighted by Crippen LogP contribution is 2.15. The summed E-state index contributed by atoms with van der Waals surface area (Å²) in [5, 5.41) is 6.85. The van der Waals surface area contributed by atoms with E-state index in [1.165, 1.54) is 32.2 Å². The van der Waals surface area contributed by atoms with Crippen molar-refractivity contribution in [1.29, 1.82) is 0 Å². The number of aliphatic imine (C=N–C) groups is 1. The summed E-state index contributed by atoms with van der Waals surface area (Å²) in [6.07, 6.45) is 6.57. The van der Waals surface area contributed by atoms with E-state index < -0.39 is 0 Å². The molecular formula is C15H30N4O. The molecule has 2 saturated heterocycles. The summed E-state index contributed by atoms with van der Waals surface area (Å²) >= 11 is 0. The number of rotatable bonds is 6. The number of nitrogens with one attached hydrogen (secondary N) is 2. The minimum atomic E-state index is 0.450. The molecule has 0 radical (unpaired) electrons. The van der Waals surface area contributed by atoms with Gasteiger partial charge in [0.2, 0.25) is 0 Å². The molecule has 5 nitrogen and oxygen atoms in total. The first kappa shape index (κ1) is 15.6. The SMILES string of the molecule is CCN1CCCC1CNC(=NC)NCCC1CCCO1. The van der Waals surface area contributed by atoms with Crippen LogP contribution < -0.4 is 10.6 Å². The lowest BCUT2D eigenvalue weighted by Gasteiger charge is -2.24. The molecule has 0 bridgehead atoms. The zero-order chi connectivity index (χ0) is 14.2. The fourth-order valence-electron chi connectivity index (χ4n) is 3.20. The Morgan fingerprint density at radius 2 is 2.20 bits per heavy atom. The number of hydrogen-bond donors (Lipinski definition) is 2. The van der Waals surface area contributed by atoms with Gasteiger partial charge in [0.25, 0.3) is 0 Å². The first-order valence-electron chi connectivity index (χ1n) is 8.13. The lowest BCUT2D eigenvalue weighted by atomic mass is 10.2. The molecule has 0 amide bonds. The number of likely N-dealkylation sites (N-methyl/N-ethyl adjacent to an activating group) is 1. The fraction of sp³-hybridized carbons (Fsp3) is 0.933. The maximum atomic E-state index is 5.63. The Hall–Kier alpha value is -0.810. The van der Waals surface area contributed by atoms with Gasteiger partial charge in [-0.2, -0.15) is 0 Å². The first-order chi connectivity index (χ1) is 9.83. The number of ether oxygens (including phenoxy) is 1. The van der Waals surface area contributed by atoms with Crippen molar-refractivity contribution in [2.75, 3.05) is 39.8 Å². The van der Waals surface area contributed by atoms with E-state index in [2.05, 4.69) is 27.4 Å². The van der Waals surface area contributed by atoms with Crippen LogP contribution in [0.2, 0.25) is 0 Å². The summed E-state index contributed by atoms with van der Waals surface area (Å²) < 4.78 is 5.63. The van der Waals surface area contributed by atoms with Gasteiger partial charge in [0.1, 0.15) is 0 Å². The second-order valence-corrected chi connectivity index (χ2v) is 5.73. The summed E-state index contributed by atoms with van der Waals surface area (Å²) in [6, 6.07) is 0.664. The van der Waals surface area contributed by atoms with Crippen molar-refractivity contribution in [3.63, 3.8) is 0 Å². The van der Waals surface area contributed by atoms with Crippen molar-refractivity contribution >= 4 is 5.96 Å². The van der Waals surface area contributed by atoms with Gasteiger partial charge >= 0.3 is 0 Å². The molecule has 2 rings (SSSR count). The van der Waals surface area contributed by atoms with Crippen LogP contribution in [0.4, 0.5) is 0 Å². The van der Waals surface area contributed by atoms with Crippen LogP contribution in [0.1, 0.15) is 39.0 Å². The van der Waals surface area contributed by atoms with Crippen LogP contribution in [0.25, 0.3) is 0 Å². The standard InChI is InChI=1S/C15H30N4O/c1-3-19-10-4-6-13(19)12-18-15(16-2)17-9-8-14-7-5-11-20-14/h13-14H,3-12H2,1-2H3,(H2,16,17,18). The van der Waals surface area contributed by atoms with Gasteiger partial charge in [-0.25, -0.2) is 0 Å². The summed E-state index contributed by atoms with van der Waals surface area (Å²) in [5.74, 6) is 0.922. The van der Waals surface area contributed by atoms with E-state index in [1.807, 2.05) is 7.05 Å². The molecule has 2 unspecified atom stereocenters. The third-order valence-corrected chi connectivity index (χ3v) is 4.42. The molecule has 2 aliphatic heterocycles. The topological polar surface area (TPSA) is 48.9 Å². The number of likely N-dealkylation sites (tertiary alicyclic amines) is 1. The predicted octanol–water partition coefficient (Wildman–Crippen LogP) is 1.20. The predicted molar refractivity (Wildman–Crippen MR) is 83.2 cm³/mol. The lowest BCUT2D eigenvalue weighted by molar-refractivity contribution is 0.105. The van der Waals surface area contributed by atoms with Crippen molar-refractivity contribution in [1.82, 2.24) is 15.5 Å². The smallest absolute Gasteiger partial charge is 0.191 e. The maximum absolute atomic E-state index is 5.63. The van der Waals surface area contributed by atoms with Gasteiger partial charge < -0.3 is 15.4 Å². The highest BCUT2D eigenvalue weighted by molar-refractivity contribution is 5.79. The van der Waals surface area contributed by atoms with Crippen molar-refractivity contribution in [3.8, 4) is 0 Å². The van der Waals surface area contributed by atoms with E-state index in [9.17, 15) is 0 Å². The molecule has 0 saturated carbocycles. The van der Waals surface area contributed by atoms with E-state index in [1.54, 1.807) is 0 Å². The van der Waals surface area contributed by atoms with Gasteiger partial charge in [0.15, 0.2) is 5.96 Å². The van der Waals surface area contributed by atoms with Gasteiger partial charge in [-0.05, 0) is 45.2 Å². The number of guanidine groups is 1. The molecule has 0 spiro atoms. The van der Waals surface area contributed by atoms with Gasteiger partial charge in [0, 0.05) is 32.8 Å². The Morgan fingerprint density at radius 1 is 1.30 bits per heavy atom. The lowest BCUT2D eigenvalue weighted by Crippen LogP contribution is -2.45. The Balaban J connectivity index is 1.62. The highest BCUT2D eigenvalue weighted by Gasteiger charge is 2.22. The maximum Gasteiger partial charge on any atom is 0.191 e. The molecule has 2 fully saturated rings. The van der Waals surface area contributed by atoms with Crippen molar-refractivity contribution in [3.05, 3.63) is 0 Å². The summed E-state index contributed by atoms with van der Waals surface area (Å²) in [4.78, 5) is 6.85. The van der Waals surface area contributed by atoms with Crippen molar-refractivity contribution in [2.45, 2.75) is 51.2 Å². The molecule has 0 aliphatic carbocycles. The minimum absolute atomic E-state index is 0.450. The van der Waals surface area contributed by atoms with Crippen LogP contribution in [-0.2, 0) is 4.74 Å². The molecule has 20 heavy (non-hydrogen) atoms. The zero-order valence-corrected chi connectivity index (χ0v) is 13.0. The largest absolute Gasteiger partial charge is 0.378 e. The molecule has 2 atom stereocenters. The van der Waals surface area contributed by atoms with E-state index in [0.717, 1.165) is 38.6 Å². The number of hydrogen-bond acceptors (Lipinski definition) is 3. The van der Waals surface area contributed by atoms with Crippen LogP contribution in [0, 0.1) is 0 Å². The molecule has 0 aromatic heterocycles. The molecule has 2 aliphatic rings. The molecular weight excluding hydrogens is 252 g/mol. The zero-order valence-electron chi connectivity index (χ0n) is 13.0. The monoisotopic (exact) mass is 282 g/mol. The molecule has 0 aromatic rings. The van der Waals surface area contributed by atoms with Gasteiger partial charge in [-0.15, -0.1) is 0 Å². The van der Waals surface area contributed by atoms with Gasteiger partial charge in [-0.3, -0.25) is 9.89 Å². The Labute approximate surface area is 123 Å². The Morgan fingerprint density at radius 3 is 2.90 bits per heavy atom. The van der Waals surface area contributed by atoms with Gasteiger partial charge in [-0.1, -0.05) is 6.92 Å². The highest BCUT2D eigenvalue weighted by atomic mass is 16.5. The van der Waals surface area contributed by atoms with Crippen LogP contribution >= 0.6 is 0 Å². The molecule has 2 heterocycles. The average Bonchev–Trinajstić information content (AvgIpc) is 3.13. The second kappa shape index (κ2) is 8.47.